The number of aryl methyl sites for hydroxylation is 1. The minimum absolute atomic E-state index is 0.186. The number of hydrogen-bond donors (Lipinski definition) is 2. The predicted octanol–water partition coefficient (Wildman–Crippen LogP) is 3.77. The van der Waals surface area contributed by atoms with Crippen LogP contribution in [-0.2, 0) is 11.8 Å². The summed E-state index contributed by atoms with van der Waals surface area (Å²) in [5, 5.41) is 20.9. The van der Waals surface area contributed by atoms with Crippen molar-refractivity contribution in [2.24, 2.45) is 0 Å². The lowest BCUT2D eigenvalue weighted by atomic mass is 9.76. The molecule has 0 aliphatic rings. The van der Waals surface area contributed by atoms with E-state index in [1.165, 1.54) is 0 Å². The summed E-state index contributed by atoms with van der Waals surface area (Å²) >= 11 is 12.4. The maximum Gasteiger partial charge on any atom is 0.0553 e. The fourth-order valence-electron chi connectivity index (χ4n) is 2.46. The number of halogens is 2. The van der Waals surface area contributed by atoms with Gasteiger partial charge in [-0.15, -0.1) is 0 Å². The number of hydrogen-bond acceptors (Lipinski definition) is 2. The number of benzene rings is 2. The van der Waals surface area contributed by atoms with E-state index in [1.807, 2.05) is 31.2 Å². The minimum Gasteiger partial charge on any atom is -0.395 e. The SMILES string of the molecule is Cc1cccc(C(CO)(CO)Cc2c(Cl)cccc2Cl)c1. The molecule has 2 rings (SSSR count). The summed E-state index contributed by atoms with van der Waals surface area (Å²) < 4.78 is 0. The van der Waals surface area contributed by atoms with Crippen LogP contribution < -0.4 is 0 Å². The van der Waals surface area contributed by atoms with Crippen molar-refractivity contribution in [3.05, 3.63) is 69.2 Å². The molecule has 0 aliphatic carbocycles. The van der Waals surface area contributed by atoms with Gasteiger partial charge in [0.15, 0.2) is 0 Å². The molecule has 0 fully saturated rings. The summed E-state index contributed by atoms with van der Waals surface area (Å²) in [5.74, 6) is 0. The van der Waals surface area contributed by atoms with Gasteiger partial charge in [-0.25, -0.2) is 0 Å². The lowest BCUT2D eigenvalue weighted by Crippen LogP contribution is -2.37. The van der Waals surface area contributed by atoms with Crippen molar-refractivity contribution in [1.82, 2.24) is 0 Å². The highest BCUT2D eigenvalue weighted by Gasteiger charge is 2.33. The molecule has 0 heterocycles. The van der Waals surface area contributed by atoms with Gasteiger partial charge in [-0.3, -0.25) is 0 Å². The topological polar surface area (TPSA) is 40.5 Å². The average Bonchev–Trinajstić information content (AvgIpc) is 2.48. The molecule has 2 aromatic rings. The van der Waals surface area contributed by atoms with Crippen molar-refractivity contribution in [3.63, 3.8) is 0 Å². The van der Waals surface area contributed by atoms with Crippen LogP contribution in [0.2, 0.25) is 10.0 Å². The second kappa shape index (κ2) is 6.80. The van der Waals surface area contributed by atoms with E-state index in [-0.39, 0.29) is 13.2 Å². The third-order valence-corrected chi connectivity index (χ3v) is 4.52. The highest BCUT2D eigenvalue weighted by atomic mass is 35.5. The number of rotatable bonds is 5. The van der Waals surface area contributed by atoms with E-state index in [9.17, 15) is 10.2 Å². The zero-order chi connectivity index (χ0) is 15.5. The van der Waals surface area contributed by atoms with Crippen LogP contribution in [0.4, 0.5) is 0 Å². The molecule has 0 unspecified atom stereocenters. The van der Waals surface area contributed by atoms with E-state index < -0.39 is 5.41 Å². The smallest absolute Gasteiger partial charge is 0.0553 e. The Bertz CT molecular complexity index is 602. The number of aliphatic hydroxyl groups is 2. The Labute approximate surface area is 135 Å². The molecule has 4 heteroatoms. The highest BCUT2D eigenvalue weighted by Crippen LogP contribution is 2.34. The molecule has 0 atom stereocenters. The van der Waals surface area contributed by atoms with E-state index in [1.54, 1.807) is 18.2 Å². The molecule has 2 nitrogen and oxygen atoms in total. The molecule has 0 amide bonds. The second-order valence-electron chi connectivity index (χ2n) is 5.34. The largest absolute Gasteiger partial charge is 0.395 e. The van der Waals surface area contributed by atoms with Crippen LogP contribution in [0.3, 0.4) is 0 Å². The van der Waals surface area contributed by atoms with Gasteiger partial charge in [-0.2, -0.15) is 0 Å². The van der Waals surface area contributed by atoms with Gasteiger partial charge in [0.2, 0.25) is 0 Å². The highest BCUT2D eigenvalue weighted by molar-refractivity contribution is 6.36. The third-order valence-electron chi connectivity index (χ3n) is 3.81. The van der Waals surface area contributed by atoms with Crippen molar-refractivity contribution in [3.8, 4) is 0 Å². The van der Waals surface area contributed by atoms with Crippen LogP contribution in [0.1, 0.15) is 16.7 Å². The van der Waals surface area contributed by atoms with Crippen molar-refractivity contribution in [2.45, 2.75) is 18.8 Å². The quantitative estimate of drug-likeness (QED) is 0.879. The Hall–Kier alpha value is -1.06. The Morgan fingerprint density at radius 3 is 2.05 bits per heavy atom. The Morgan fingerprint density at radius 2 is 1.52 bits per heavy atom. The first-order valence-corrected chi connectivity index (χ1v) is 7.50. The Balaban J connectivity index is 2.48. The molecule has 2 aromatic carbocycles. The molecule has 2 N–H and O–H groups in total. The van der Waals surface area contributed by atoms with E-state index in [4.69, 9.17) is 23.2 Å². The Kier molecular flexibility index (Phi) is 5.28. The van der Waals surface area contributed by atoms with Gasteiger partial charge in [0.25, 0.3) is 0 Å². The normalized spacial score (nSPS) is 11.7. The van der Waals surface area contributed by atoms with Gasteiger partial charge in [-0.1, -0.05) is 59.1 Å². The first-order valence-electron chi connectivity index (χ1n) is 6.74. The summed E-state index contributed by atoms with van der Waals surface area (Å²) in [6.07, 6.45) is 0.377. The fraction of sp³-hybridized carbons (Fsp3) is 0.294. The molecule has 0 aromatic heterocycles. The first-order chi connectivity index (χ1) is 10.0. The zero-order valence-electron chi connectivity index (χ0n) is 11.8. The monoisotopic (exact) mass is 324 g/mol. The lowest BCUT2D eigenvalue weighted by molar-refractivity contribution is 0.116. The van der Waals surface area contributed by atoms with E-state index in [0.29, 0.717) is 16.5 Å². The molecule has 0 bridgehead atoms. The molecular weight excluding hydrogens is 307 g/mol. The molecule has 0 aliphatic heterocycles. The molecule has 0 saturated carbocycles. The van der Waals surface area contributed by atoms with Gasteiger partial charge in [0.1, 0.15) is 0 Å². The summed E-state index contributed by atoms with van der Waals surface area (Å²) in [7, 11) is 0. The van der Waals surface area contributed by atoms with E-state index >= 15 is 0 Å². The summed E-state index contributed by atoms with van der Waals surface area (Å²) in [5.41, 5.74) is 1.89. The minimum atomic E-state index is -0.805. The average molecular weight is 325 g/mol. The zero-order valence-corrected chi connectivity index (χ0v) is 13.3. The maximum atomic E-state index is 9.92. The summed E-state index contributed by atoms with van der Waals surface area (Å²) in [6.45, 7) is 1.61. The van der Waals surface area contributed by atoms with Crippen LogP contribution in [0.25, 0.3) is 0 Å². The van der Waals surface area contributed by atoms with Crippen molar-refractivity contribution >= 4 is 23.2 Å². The van der Waals surface area contributed by atoms with Gasteiger partial charge in [0, 0.05) is 15.5 Å². The van der Waals surface area contributed by atoms with E-state index in [0.717, 1.165) is 16.7 Å². The van der Waals surface area contributed by atoms with Gasteiger partial charge in [-0.05, 0) is 36.6 Å². The molecule has 21 heavy (non-hydrogen) atoms. The molecule has 0 radical (unpaired) electrons. The van der Waals surface area contributed by atoms with Crippen LogP contribution in [0.5, 0.6) is 0 Å². The molecule has 112 valence electrons. The first kappa shape index (κ1) is 16.3. The standard InChI is InChI=1S/C17H18Cl2O2/c1-12-4-2-5-13(8-12)17(10-20,11-21)9-14-15(18)6-3-7-16(14)19/h2-8,20-21H,9-11H2,1H3. The van der Waals surface area contributed by atoms with Crippen molar-refractivity contribution < 1.29 is 10.2 Å². The van der Waals surface area contributed by atoms with Crippen LogP contribution in [-0.4, -0.2) is 23.4 Å². The lowest BCUT2D eigenvalue weighted by Gasteiger charge is -2.31. The molecule has 0 saturated heterocycles. The second-order valence-corrected chi connectivity index (χ2v) is 6.16. The van der Waals surface area contributed by atoms with E-state index in [2.05, 4.69) is 0 Å². The van der Waals surface area contributed by atoms with Crippen LogP contribution in [0.15, 0.2) is 42.5 Å². The summed E-state index contributed by atoms with van der Waals surface area (Å²) in [6, 6.07) is 13.1. The maximum absolute atomic E-state index is 9.92. The fourth-order valence-corrected chi connectivity index (χ4v) is 2.99. The van der Waals surface area contributed by atoms with Gasteiger partial charge < -0.3 is 10.2 Å². The van der Waals surface area contributed by atoms with Gasteiger partial charge >= 0.3 is 0 Å². The Morgan fingerprint density at radius 1 is 0.952 bits per heavy atom. The molecule has 0 spiro atoms. The van der Waals surface area contributed by atoms with Crippen LogP contribution >= 0.6 is 23.2 Å². The van der Waals surface area contributed by atoms with Crippen molar-refractivity contribution in [1.29, 1.82) is 0 Å². The summed E-state index contributed by atoms with van der Waals surface area (Å²) in [4.78, 5) is 0. The van der Waals surface area contributed by atoms with Crippen molar-refractivity contribution in [2.75, 3.05) is 13.2 Å². The van der Waals surface area contributed by atoms with Crippen LogP contribution in [0, 0.1) is 6.92 Å². The van der Waals surface area contributed by atoms with Gasteiger partial charge in [0.05, 0.1) is 13.2 Å². The number of aliphatic hydroxyl groups excluding tert-OH is 2. The predicted molar refractivity (Wildman–Crippen MR) is 87.2 cm³/mol. The molecular formula is C17H18Cl2O2. The third kappa shape index (κ3) is 3.41.